The lowest BCUT2D eigenvalue weighted by atomic mass is 10.0. The minimum atomic E-state index is -0.233. The molecular weight excluding hydrogens is 238 g/mol. The van der Waals surface area contributed by atoms with E-state index in [-0.39, 0.29) is 23.7 Å². The molecule has 1 saturated heterocycles. The summed E-state index contributed by atoms with van der Waals surface area (Å²) in [5, 5.41) is 3.21. The Balaban J connectivity index is 1.58. The van der Waals surface area contributed by atoms with Gasteiger partial charge in [0.1, 0.15) is 6.10 Å². The molecule has 102 valence electrons. The first-order chi connectivity index (χ1) is 9.17. The summed E-state index contributed by atoms with van der Waals surface area (Å²) in [6, 6.07) is 10.4. The Labute approximate surface area is 114 Å². The largest absolute Gasteiger partial charge is 0.365 e. The summed E-state index contributed by atoms with van der Waals surface area (Å²) in [7, 11) is 0. The maximum atomic E-state index is 12.2. The van der Waals surface area contributed by atoms with Gasteiger partial charge in [-0.25, -0.2) is 0 Å². The third-order valence-electron chi connectivity index (χ3n) is 4.15. The van der Waals surface area contributed by atoms with E-state index < -0.39 is 0 Å². The maximum absolute atomic E-state index is 12.2. The molecule has 1 amide bonds. The molecule has 1 aromatic rings. The normalized spacial score (nSPS) is 28.1. The predicted octanol–water partition coefficient (Wildman–Crippen LogP) is 2.45. The summed E-state index contributed by atoms with van der Waals surface area (Å²) in [5.74, 6) is 0.0813. The zero-order valence-corrected chi connectivity index (χ0v) is 11.4. The molecule has 1 aliphatic carbocycles. The van der Waals surface area contributed by atoms with Crippen LogP contribution >= 0.6 is 0 Å². The lowest BCUT2D eigenvalue weighted by Gasteiger charge is -2.20. The van der Waals surface area contributed by atoms with Gasteiger partial charge in [0, 0.05) is 5.54 Å². The summed E-state index contributed by atoms with van der Waals surface area (Å²) < 4.78 is 5.63. The number of carbonyl (C=O) groups excluding carboxylic acids is 1. The lowest BCUT2D eigenvalue weighted by Crippen LogP contribution is -2.44. The van der Waals surface area contributed by atoms with E-state index in [9.17, 15) is 4.79 Å². The molecule has 3 heteroatoms. The molecule has 1 heterocycles. The van der Waals surface area contributed by atoms with Crippen LogP contribution in [0.2, 0.25) is 0 Å². The van der Waals surface area contributed by atoms with Crippen LogP contribution in [0, 0.1) is 0 Å². The molecule has 2 unspecified atom stereocenters. The molecule has 3 nitrogen and oxygen atoms in total. The Hall–Kier alpha value is -1.35. The fourth-order valence-electron chi connectivity index (χ4n) is 2.82. The standard InChI is InChI=1S/C16H21NO2/c1-12-7-8-14(19-12)15(18)17-16(9-10-16)11-13-5-3-2-4-6-13/h2-6,12,14H,7-11H2,1H3,(H,17,18). The highest BCUT2D eigenvalue weighted by atomic mass is 16.5. The molecule has 2 fully saturated rings. The van der Waals surface area contributed by atoms with E-state index in [1.54, 1.807) is 0 Å². The minimum absolute atomic E-state index is 0.00632. The van der Waals surface area contributed by atoms with Crippen molar-refractivity contribution < 1.29 is 9.53 Å². The fraction of sp³-hybridized carbons (Fsp3) is 0.562. The van der Waals surface area contributed by atoms with Crippen LogP contribution < -0.4 is 5.32 Å². The number of amides is 1. The van der Waals surface area contributed by atoms with Crippen molar-refractivity contribution in [1.82, 2.24) is 5.32 Å². The van der Waals surface area contributed by atoms with E-state index in [1.165, 1.54) is 5.56 Å². The van der Waals surface area contributed by atoms with Gasteiger partial charge in [-0.1, -0.05) is 30.3 Å². The molecule has 19 heavy (non-hydrogen) atoms. The van der Waals surface area contributed by atoms with E-state index in [1.807, 2.05) is 13.0 Å². The van der Waals surface area contributed by atoms with Crippen LogP contribution in [-0.2, 0) is 16.0 Å². The van der Waals surface area contributed by atoms with Gasteiger partial charge >= 0.3 is 0 Å². The Morgan fingerprint density at radius 3 is 2.63 bits per heavy atom. The number of benzene rings is 1. The molecule has 1 aliphatic heterocycles. The molecule has 0 radical (unpaired) electrons. The van der Waals surface area contributed by atoms with E-state index in [0.29, 0.717) is 0 Å². The van der Waals surface area contributed by atoms with Gasteiger partial charge in [-0.3, -0.25) is 4.79 Å². The van der Waals surface area contributed by atoms with Gasteiger partial charge in [-0.2, -0.15) is 0 Å². The van der Waals surface area contributed by atoms with Gasteiger partial charge < -0.3 is 10.1 Å². The Morgan fingerprint density at radius 2 is 2.05 bits per heavy atom. The van der Waals surface area contributed by atoms with Gasteiger partial charge in [0.05, 0.1) is 6.10 Å². The van der Waals surface area contributed by atoms with Crippen LogP contribution in [0.4, 0.5) is 0 Å². The van der Waals surface area contributed by atoms with Crippen LogP contribution in [0.3, 0.4) is 0 Å². The predicted molar refractivity (Wildman–Crippen MR) is 73.8 cm³/mol. The molecule has 0 bridgehead atoms. The van der Waals surface area contributed by atoms with Crippen LogP contribution in [0.25, 0.3) is 0 Å². The van der Waals surface area contributed by atoms with Crippen LogP contribution in [-0.4, -0.2) is 23.7 Å². The van der Waals surface area contributed by atoms with Gasteiger partial charge in [0.25, 0.3) is 0 Å². The molecule has 0 spiro atoms. The highest BCUT2D eigenvalue weighted by Gasteiger charge is 2.45. The fourth-order valence-corrected chi connectivity index (χ4v) is 2.82. The topological polar surface area (TPSA) is 38.3 Å². The molecular formula is C16H21NO2. The summed E-state index contributed by atoms with van der Waals surface area (Å²) in [4.78, 5) is 12.2. The Kier molecular flexibility index (Phi) is 3.31. The first-order valence-corrected chi connectivity index (χ1v) is 7.18. The molecule has 3 rings (SSSR count). The van der Waals surface area contributed by atoms with Crippen molar-refractivity contribution in [2.45, 2.75) is 56.8 Å². The third kappa shape index (κ3) is 2.98. The first-order valence-electron chi connectivity index (χ1n) is 7.18. The molecule has 1 N–H and O–H groups in total. The monoisotopic (exact) mass is 259 g/mol. The quantitative estimate of drug-likeness (QED) is 0.902. The number of ether oxygens (including phenoxy) is 1. The van der Waals surface area contributed by atoms with Crippen molar-refractivity contribution in [2.24, 2.45) is 0 Å². The van der Waals surface area contributed by atoms with Crippen molar-refractivity contribution in [3.05, 3.63) is 35.9 Å². The number of nitrogens with one attached hydrogen (secondary N) is 1. The second kappa shape index (κ2) is 4.97. The average Bonchev–Trinajstić information content (AvgIpc) is 2.99. The lowest BCUT2D eigenvalue weighted by molar-refractivity contribution is -0.132. The van der Waals surface area contributed by atoms with Crippen molar-refractivity contribution in [1.29, 1.82) is 0 Å². The SMILES string of the molecule is CC1CCC(C(=O)NC2(Cc3ccccc3)CC2)O1. The number of rotatable bonds is 4. The molecule has 1 saturated carbocycles. The molecule has 2 aliphatic rings. The van der Waals surface area contributed by atoms with Crippen molar-refractivity contribution in [3.8, 4) is 0 Å². The average molecular weight is 259 g/mol. The maximum Gasteiger partial charge on any atom is 0.249 e. The van der Waals surface area contributed by atoms with Crippen LogP contribution in [0.15, 0.2) is 30.3 Å². The summed E-state index contributed by atoms with van der Waals surface area (Å²) >= 11 is 0. The smallest absolute Gasteiger partial charge is 0.249 e. The third-order valence-corrected chi connectivity index (χ3v) is 4.15. The number of carbonyl (C=O) groups is 1. The number of hydrogen-bond donors (Lipinski definition) is 1. The summed E-state index contributed by atoms with van der Waals surface area (Å²) in [6.45, 7) is 2.03. The highest BCUT2D eigenvalue weighted by molar-refractivity contribution is 5.82. The van der Waals surface area contributed by atoms with Gasteiger partial charge in [-0.15, -0.1) is 0 Å². The molecule has 0 aromatic heterocycles. The Morgan fingerprint density at radius 1 is 1.32 bits per heavy atom. The van der Waals surface area contributed by atoms with E-state index >= 15 is 0 Å². The van der Waals surface area contributed by atoms with Crippen molar-refractivity contribution in [2.75, 3.05) is 0 Å². The van der Waals surface area contributed by atoms with Gasteiger partial charge in [0.15, 0.2) is 0 Å². The minimum Gasteiger partial charge on any atom is -0.365 e. The Bertz CT molecular complexity index is 453. The van der Waals surface area contributed by atoms with Crippen molar-refractivity contribution >= 4 is 5.91 Å². The zero-order valence-electron chi connectivity index (χ0n) is 11.4. The van der Waals surface area contributed by atoms with E-state index in [2.05, 4.69) is 29.6 Å². The van der Waals surface area contributed by atoms with Crippen LogP contribution in [0.1, 0.15) is 38.2 Å². The van der Waals surface area contributed by atoms with E-state index in [4.69, 9.17) is 4.74 Å². The van der Waals surface area contributed by atoms with Gasteiger partial charge in [-0.05, 0) is 44.6 Å². The zero-order chi connectivity index (χ0) is 13.3. The second-order valence-corrected chi connectivity index (χ2v) is 5.94. The van der Waals surface area contributed by atoms with Crippen molar-refractivity contribution in [3.63, 3.8) is 0 Å². The van der Waals surface area contributed by atoms with Crippen LogP contribution in [0.5, 0.6) is 0 Å². The molecule has 2 atom stereocenters. The van der Waals surface area contributed by atoms with E-state index in [0.717, 1.165) is 32.1 Å². The van der Waals surface area contributed by atoms with Gasteiger partial charge in [0.2, 0.25) is 5.91 Å². The molecule has 1 aromatic carbocycles. The second-order valence-electron chi connectivity index (χ2n) is 5.94. The summed E-state index contributed by atoms with van der Waals surface area (Å²) in [6.07, 6.45) is 4.93. The first kappa shape index (κ1) is 12.7. The highest BCUT2D eigenvalue weighted by Crippen LogP contribution is 2.39. The summed E-state index contributed by atoms with van der Waals surface area (Å²) in [5.41, 5.74) is 1.29. The number of hydrogen-bond acceptors (Lipinski definition) is 2.